The molecule has 0 saturated heterocycles. The van der Waals surface area contributed by atoms with Crippen LogP contribution in [0.2, 0.25) is 5.02 Å². The summed E-state index contributed by atoms with van der Waals surface area (Å²) < 4.78 is 4.73. The van der Waals surface area contributed by atoms with Crippen LogP contribution in [0.5, 0.6) is 0 Å². The Morgan fingerprint density at radius 1 is 1.25 bits per heavy atom. The summed E-state index contributed by atoms with van der Waals surface area (Å²) in [6.07, 6.45) is 5.73. The van der Waals surface area contributed by atoms with Crippen LogP contribution in [0.1, 0.15) is 30.7 Å². The van der Waals surface area contributed by atoms with E-state index in [1.54, 1.807) is 0 Å². The second kappa shape index (κ2) is 3.59. The normalized spacial score (nSPS) is 18.1. The van der Waals surface area contributed by atoms with Crippen molar-refractivity contribution < 1.29 is 4.52 Å². The van der Waals surface area contributed by atoms with E-state index >= 15 is 0 Å². The molecule has 1 aliphatic rings. The first-order valence-electron chi connectivity index (χ1n) is 5.27. The van der Waals surface area contributed by atoms with Gasteiger partial charge in [0.1, 0.15) is 0 Å². The van der Waals surface area contributed by atoms with Crippen LogP contribution in [0.4, 0.5) is 0 Å². The zero-order valence-electron chi connectivity index (χ0n) is 8.61. The molecule has 0 unspecified atom stereocenters. The van der Waals surface area contributed by atoms with E-state index in [4.69, 9.17) is 16.1 Å². The van der Waals surface area contributed by atoms with E-state index in [0.29, 0.717) is 0 Å². The van der Waals surface area contributed by atoms with Gasteiger partial charge in [0.15, 0.2) is 5.82 Å². The maximum absolute atomic E-state index is 5.89. The van der Waals surface area contributed by atoms with Gasteiger partial charge in [0.05, 0.1) is 5.41 Å². The highest BCUT2D eigenvalue weighted by atomic mass is 35.5. The van der Waals surface area contributed by atoms with Gasteiger partial charge < -0.3 is 4.52 Å². The Kier molecular flexibility index (Phi) is 2.21. The fraction of sp³-hybridized carbons (Fsp3) is 0.333. The summed E-state index contributed by atoms with van der Waals surface area (Å²) in [6, 6.07) is 7.89. The van der Waals surface area contributed by atoms with Crippen molar-refractivity contribution >= 4 is 11.6 Å². The van der Waals surface area contributed by atoms with E-state index in [0.717, 1.165) is 23.7 Å². The second-order valence-corrected chi connectivity index (χ2v) is 4.59. The predicted octanol–water partition coefficient (Wildman–Crippen LogP) is 2.99. The molecule has 1 radical (unpaired) electrons. The van der Waals surface area contributed by atoms with Crippen molar-refractivity contribution in [3.8, 4) is 0 Å². The first-order chi connectivity index (χ1) is 7.81. The number of halogens is 1. The van der Waals surface area contributed by atoms with Crippen molar-refractivity contribution in [3.63, 3.8) is 0 Å². The zero-order valence-corrected chi connectivity index (χ0v) is 9.37. The molecule has 4 heteroatoms. The highest BCUT2D eigenvalue weighted by Gasteiger charge is 2.43. The van der Waals surface area contributed by atoms with Gasteiger partial charge in [-0.2, -0.15) is 4.98 Å². The third kappa shape index (κ3) is 1.35. The Labute approximate surface area is 98.4 Å². The number of rotatable bonds is 2. The minimum atomic E-state index is -0.0753. The van der Waals surface area contributed by atoms with Gasteiger partial charge in [-0.15, -0.1) is 0 Å². The maximum Gasteiger partial charge on any atom is 0.316 e. The van der Waals surface area contributed by atoms with E-state index in [1.165, 1.54) is 12.0 Å². The number of benzene rings is 1. The molecule has 1 aromatic carbocycles. The minimum Gasteiger partial charge on any atom is -0.329 e. The third-order valence-electron chi connectivity index (χ3n) is 3.36. The first-order valence-corrected chi connectivity index (χ1v) is 5.65. The van der Waals surface area contributed by atoms with Gasteiger partial charge in [-0.25, -0.2) is 0 Å². The molecule has 16 heavy (non-hydrogen) atoms. The quantitative estimate of drug-likeness (QED) is 0.801. The van der Waals surface area contributed by atoms with Gasteiger partial charge in [-0.3, -0.25) is 0 Å². The highest BCUT2D eigenvalue weighted by molar-refractivity contribution is 6.30. The molecule has 1 aromatic heterocycles. The Morgan fingerprint density at radius 3 is 2.50 bits per heavy atom. The molecule has 3 nitrogen and oxygen atoms in total. The SMILES string of the molecule is Clc1ccc(C2(c3n[c]on3)CCC2)cc1. The molecule has 0 atom stereocenters. The number of aromatic nitrogens is 2. The molecule has 1 saturated carbocycles. The maximum atomic E-state index is 5.89. The number of nitrogens with zero attached hydrogens (tertiary/aromatic N) is 2. The summed E-state index contributed by atoms with van der Waals surface area (Å²) in [6.45, 7) is 0. The van der Waals surface area contributed by atoms with Gasteiger partial charge in [0, 0.05) is 5.02 Å². The fourth-order valence-corrected chi connectivity index (χ4v) is 2.41. The van der Waals surface area contributed by atoms with Crippen molar-refractivity contribution in [1.29, 1.82) is 0 Å². The fourth-order valence-electron chi connectivity index (χ4n) is 2.28. The average Bonchev–Trinajstić information content (AvgIpc) is 2.73. The minimum absolute atomic E-state index is 0.0753. The first kappa shape index (κ1) is 9.85. The van der Waals surface area contributed by atoms with E-state index in [9.17, 15) is 0 Å². The van der Waals surface area contributed by atoms with Gasteiger partial charge >= 0.3 is 6.39 Å². The van der Waals surface area contributed by atoms with Gasteiger partial charge in [0.2, 0.25) is 0 Å². The summed E-state index contributed by atoms with van der Waals surface area (Å²) >= 11 is 5.89. The van der Waals surface area contributed by atoms with Crippen LogP contribution in [-0.2, 0) is 5.41 Å². The molecule has 0 bridgehead atoms. The average molecular weight is 234 g/mol. The van der Waals surface area contributed by atoms with E-state index in [-0.39, 0.29) is 5.41 Å². The zero-order chi connectivity index (χ0) is 11.0. The number of hydrogen-bond donors (Lipinski definition) is 0. The molecule has 1 heterocycles. The van der Waals surface area contributed by atoms with Crippen LogP contribution in [0, 0.1) is 6.39 Å². The van der Waals surface area contributed by atoms with Crippen molar-refractivity contribution in [1.82, 2.24) is 10.1 Å². The summed E-state index contributed by atoms with van der Waals surface area (Å²) in [4.78, 5) is 4.07. The van der Waals surface area contributed by atoms with Gasteiger partial charge in [0.25, 0.3) is 0 Å². The monoisotopic (exact) mass is 233 g/mol. The van der Waals surface area contributed by atoms with Crippen LogP contribution in [-0.4, -0.2) is 10.1 Å². The molecule has 1 aliphatic carbocycles. The topological polar surface area (TPSA) is 38.9 Å². The Balaban J connectivity index is 2.05. The highest BCUT2D eigenvalue weighted by Crippen LogP contribution is 2.47. The van der Waals surface area contributed by atoms with Crippen LogP contribution < -0.4 is 0 Å². The van der Waals surface area contributed by atoms with E-state index in [1.807, 2.05) is 24.3 Å². The van der Waals surface area contributed by atoms with Gasteiger partial charge in [-0.1, -0.05) is 35.3 Å². The molecular formula is C12H10ClN2O. The molecule has 1 fully saturated rings. The van der Waals surface area contributed by atoms with Crippen molar-refractivity contribution in [3.05, 3.63) is 47.1 Å². The smallest absolute Gasteiger partial charge is 0.316 e. The molecule has 0 spiro atoms. The molecule has 81 valence electrons. The van der Waals surface area contributed by atoms with Crippen LogP contribution in [0.25, 0.3) is 0 Å². The molecule has 3 rings (SSSR count). The Bertz CT molecular complexity index is 474. The second-order valence-electron chi connectivity index (χ2n) is 4.15. The lowest BCUT2D eigenvalue weighted by Crippen LogP contribution is -2.36. The standard InChI is InChI=1S/C12H10ClN2O/c13-10-4-2-9(3-5-10)12(6-1-7-12)11-14-8-16-15-11/h2-5H,1,6-7H2. The molecule has 0 amide bonds. The van der Waals surface area contributed by atoms with E-state index in [2.05, 4.69) is 16.5 Å². The lowest BCUT2D eigenvalue weighted by Gasteiger charge is -2.39. The largest absolute Gasteiger partial charge is 0.329 e. The van der Waals surface area contributed by atoms with Crippen LogP contribution in [0.3, 0.4) is 0 Å². The van der Waals surface area contributed by atoms with Crippen LogP contribution in [0.15, 0.2) is 28.8 Å². The van der Waals surface area contributed by atoms with Crippen LogP contribution >= 0.6 is 11.6 Å². The Hall–Kier alpha value is -1.35. The number of hydrogen-bond acceptors (Lipinski definition) is 3. The molecular weight excluding hydrogens is 224 g/mol. The lowest BCUT2D eigenvalue weighted by atomic mass is 9.64. The third-order valence-corrected chi connectivity index (χ3v) is 3.61. The predicted molar refractivity (Wildman–Crippen MR) is 59.2 cm³/mol. The molecule has 0 N–H and O–H groups in total. The lowest BCUT2D eigenvalue weighted by molar-refractivity contribution is 0.272. The summed E-state index contributed by atoms with van der Waals surface area (Å²) in [5.41, 5.74) is 1.13. The van der Waals surface area contributed by atoms with E-state index < -0.39 is 0 Å². The molecule has 0 aliphatic heterocycles. The van der Waals surface area contributed by atoms with Crippen molar-refractivity contribution in [2.45, 2.75) is 24.7 Å². The summed E-state index contributed by atoms with van der Waals surface area (Å²) in [5.74, 6) is 0.737. The summed E-state index contributed by atoms with van der Waals surface area (Å²) in [5, 5.41) is 4.68. The van der Waals surface area contributed by atoms with Crippen molar-refractivity contribution in [2.75, 3.05) is 0 Å². The van der Waals surface area contributed by atoms with Crippen molar-refractivity contribution in [2.24, 2.45) is 0 Å². The van der Waals surface area contributed by atoms with Gasteiger partial charge in [-0.05, 0) is 30.5 Å². The molecule has 2 aromatic rings. The summed E-state index contributed by atoms with van der Waals surface area (Å²) in [7, 11) is 0. The Morgan fingerprint density at radius 2 is 2.00 bits per heavy atom.